The van der Waals surface area contributed by atoms with Crippen LogP contribution >= 0.6 is 0 Å². The summed E-state index contributed by atoms with van der Waals surface area (Å²) in [6, 6.07) is 8.50. The fourth-order valence-electron chi connectivity index (χ4n) is 2.27. The van der Waals surface area contributed by atoms with Crippen LogP contribution in [0.2, 0.25) is 0 Å². The van der Waals surface area contributed by atoms with Gasteiger partial charge in [-0.15, -0.1) is 0 Å². The molecule has 0 aliphatic heterocycles. The standard InChI is InChI=1S/C14H20N4/c1-10-6-5-7-12(8-10)9-17(3)14-13(15)11(2)16-18(14)4/h5-8H,9,15H2,1-4H3. The van der Waals surface area contributed by atoms with Crippen molar-refractivity contribution in [2.24, 2.45) is 7.05 Å². The zero-order valence-electron chi connectivity index (χ0n) is 11.4. The van der Waals surface area contributed by atoms with Gasteiger partial charge in [-0.3, -0.25) is 4.68 Å². The molecular weight excluding hydrogens is 224 g/mol. The summed E-state index contributed by atoms with van der Waals surface area (Å²) < 4.78 is 1.83. The number of hydrogen-bond donors (Lipinski definition) is 1. The third kappa shape index (κ3) is 2.32. The molecule has 0 aliphatic rings. The van der Waals surface area contributed by atoms with Crippen LogP contribution in [0, 0.1) is 13.8 Å². The fraction of sp³-hybridized carbons (Fsp3) is 0.357. The highest BCUT2D eigenvalue weighted by Gasteiger charge is 2.14. The third-order valence-electron chi connectivity index (χ3n) is 3.10. The van der Waals surface area contributed by atoms with Crippen LogP contribution in [0.25, 0.3) is 0 Å². The van der Waals surface area contributed by atoms with Gasteiger partial charge in [-0.05, 0) is 19.4 Å². The van der Waals surface area contributed by atoms with Crippen LogP contribution in [0.15, 0.2) is 24.3 Å². The van der Waals surface area contributed by atoms with Crippen molar-refractivity contribution in [3.63, 3.8) is 0 Å². The minimum absolute atomic E-state index is 0.757. The molecule has 2 rings (SSSR count). The van der Waals surface area contributed by atoms with E-state index >= 15 is 0 Å². The highest BCUT2D eigenvalue weighted by atomic mass is 15.4. The predicted molar refractivity (Wildman–Crippen MR) is 75.6 cm³/mol. The van der Waals surface area contributed by atoms with Gasteiger partial charge in [-0.25, -0.2) is 0 Å². The number of rotatable bonds is 3. The number of aromatic nitrogens is 2. The average molecular weight is 244 g/mol. The maximum Gasteiger partial charge on any atom is 0.150 e. The summed E-state index contributed by atoms with van der Waals surface area (Å²) in [4.78, 5) is 2.13. The van der Waals surface area contributed by atoms with Crippen molar-refractivity contribution in [2.45, 2.75) is 20.4 Å². The molecule has 96 valence electrons. The summed E-state index contributed by atoms with van der Waals surface area (Å²) in [5.74, 6) is 0.967. The molecule has 0 saturated heterocycles. The molecule has 2 aromatic rings. The molecule has 1 aromatic heterocycles. The van der Waals surface area contributed by atoms with Gasteiger partial charge in [0, 0.05) is 20.6 Å². The first-order valence-electron chi connectivity index (χ1n) is 6.05. The Hall–Kier alpha value is -1.97. The minimum atomic E-state index is 0.757. The summed E-state index contributed by atoms with van der Waals surface area (Å²) in [5, 5.41) is 4.34. The highest BCUT2D eigenvalue weighted by Crippen LogP contribution is 2.25. The van der Waals surface area contributed by atoms with Crippen LogP contribution in [0.1, 0.15) is 16.8 Å². The van der Waals surface area contributed by atoms with Crippen molar-refractivity contribution in [3.8, 4) is 0 Å². The molecule has 18 heavy (non-hydrogen) atoms. The van der Waals surface area contributed by atoms with E-state index < -0.39 is 0 Å². The number of nitrogens with zero attached hydrogens (tertiary/aromatic N) is 3. The smallest absolute Gasteiger partial charge is 0.150 e. The Morgan fingerprint density at radius 2 is 2.06 bits per heavy atom. The van der Waals surface area contributed by atoms with Crippen LogP contribution in [0.4, 0.5) is 11.5 Å². The van der Waals surface area contributed by atoms with Gasteiger partial charge < -0.3 is 10.6 Å². The molecule has 0 amide bonds. The molecule has 0 fully saturated rings. The summed E-state index contributed by atoms with van der Waals surface area (Å²) in [5.41, 5.74) is 10.2. The van der Waals surface area contributed by atoms with Crippen molar-refractivity contribution in [1.82, 2.24) is 9.78 Å². The van der Waals surface area contributed by atoms with Gasteiger partial charge in [-0.2, -0.15) is 5.10 Å². The number of hydrogen-bond acceptors (Lipinski definition) is 3. The van der Waals surface area contributed by atoms with E-state index in [1.165, 1.54) is 11.1 Å². The normalized spacial score (nSPS) is 10.7. The summed E-state index contributed by atoms with van der Waals surface area (Å²) in [7, 11) is 3.96. The second-order valence-corrected chi connectivity index (χ2v) is 4.79. The van der Waals surface area contributed by atoms with Crippen LogP contribution in [0.3, 0.4) is 0 Å². The topological polar surface area (TPSA) is 47.1 Å². The fourth-order valence-corrected chi connectivity index (χ4v) is 2.27. The quantitative estimate of drug-likeness (QED) is 0.901. The maximum atomic E-state index is 6.06. The summed E-state index contributed by atoms with van der Waals surface area (Å²) in [6.07, 6.45) is 0. The minimum Gasteiger partial charge on any atom is -0.394 e. The lowest BCUT2D eigenvalue weighted by Gasteiger charge is -2.20. The van der Waals surface area contributed by atoms with Crippen molar-refractivity contribution in [1.29, 1.82) is 0 Å². The summed E-state index contributed by atoms with van der Waals surface area (Å²) >= 11 is 0. The van der Waals surface area contributed by atoms with Gasteiger partial charge in [-0.1, -0.05) is 29.8 Å². The van der Waals surface area contributed by atoms with Crippen molar-refractivity contribution >= 4 is 11.5 Å². The molecule has 1 heterocycles. The van der Waals surface area contributed by atoms with E-state index in [9.17, 15) is 0 Å². The molecule has 4 heteroatoms. The van der Waals surface area contributed by atoms with E-state index in [0.29, 0.717) is 0 Å². The Kier molecular flexibility index (Phi) is 3.28. The van der Waals surface area contributed by atoms with Crippen LogP contribution < -0.4 is 10.6 Å². The lowest BCUT2D eigenvalue weighted by atomic mass is 10.1. The largest absolute Gasteiger partial charge is 0.394 e. The first-order valence-corrected chi connectivity index (χ1v) is 6.05. The SMILES string of the molecule is Cc1cccc(CN(C)c2c(N)c(C)nn2C)c1. The van der Waals surface area contributed by atoms with Crippen molar-refractivity contribution < 1.29 is 0 Å². The zero-order chi connectivity index (χ0) is 13.3. The lowest BCUT2D eigenvalue weighted by molar-refractivity contribution is 0.727. The molecule has 0 bridgehead atoms. The van der Waals surface area contributed by atoms with Gasteiger partial charge >= 0.3 is 0 Å². The van der Waals surface area contributed by atoms with E-state index in [1.807, 2.05) is 25.7 Å². The predicted octanol–water partition coefficient (Wildman–Crippen LogP) is 2.26. The van der Waals surface area contributed by atoms with Crippen LogP contribution in [-0.2, 0) is 13.6 Å². The molecule has 0 spiro atoms. The maximum absolute atomic E-state index is 6.06. The van der Waals surface area contributed by atoms with E-state index in [-0.39, 0.29) is 0 Å². The molecule has 0 radical (unpaired) electrons. The molecule has 0 atom stereocenters. The summed E-state index contributed by atoms with van der Waals surface area (Å²) in [6.45, 7) is 4.86. The monoisotopic (exact) mass is 244 g/mol. The Bertz CT molecular complexity index is 557. The second kappa shape index (κ2) is 4.72. The molecule has 1 aromatic carbocycles. The molecule has 0 saturated carbocycles. The Morgan fingerprint density at radius 1 is 1.33 bits per heavy atom. The van der Waals surface area contributed by atoms with Crippen LogP contribution in [-0.4, -0.2) is 16.8 Å². The highest BCUT2D eigenvalue weighted by molar-refractivity contribution is 5.65. The van der Waals surface area contributed by atoms with E-state index in [0.717, 1.165) is 23.7 Å². The van der Waals surface area contributed by atoms with Gasteiger partial charge in [0.05, 0.1) is 11.4 Å². The first-order chi connectivity index (χ1) is 8.49. The zero-order valence-corrected chi connectivity index (χ0v) is 11.4. The van der Waals surface area contributed by atoms with Crippen molar-refractivity contribution in [3.05, 3.63) is 41.1 Å². The molecular formula is C14H20N4. The Morgan fingerprint density at radius 3 is 2.61 bits per heavy atom. The number of nitrogens with two attached hydrogens (primary N) is 1. The Balaban J connectivity index is 2.24. The third-order valence-corrected chi connectivity index (χ3v) is 3.10. The first kappa shape index (κ1) is 12.5. The van der Waals surface area contributed by atoms with Gasteiger partial charge in [0.1, 0.15) is 5.82 Å². The molecule has 2 N–H and O–H groups in total. The van der Waals surface area contributed by atoms with E-state index in [2.05, 4.69) is 41.2 Å². The van der Waals surface area contributed by atoms with E-state index in [4.69, 9.17) is 5.73 Å². The Labute approximate surface area is 108 Å². The lowest BCUT2D eigenvalue weighted by Crippen LogP contribution is -2.20. The van der Waals surface area contributed by atoms with Gasteiger partial charge in [0.2, 0.25) is 0 Å². The van der Waals surface area contributed by atoms with E-state index in [1.54, 1.807) is 0 Å². The molecule has 4 nitrogen and oxygen atoms in total. The number of benzene rings is 1. The van der Waals surface area contributed by atoms with Gasteiger partial charge in [0.15, 0.2) is 0 Å². The van der Waals surface area contributed by atoms with Crippen molar-refractivity contribution in [2.75, 3.05) is 17.7 Å². The number of nitrogen functional groups attached to an aromatic ring is 1. The number of aryl methyl sites for hydroxylation is 3. The van der Waals surface area contributed by atoms with Crippen LogP contribution in [0.5, 0.6) is 0 Å². The average Bonchev–Trinajstić information content (AvgIpc) is 2.53. The second-order valence-electron chi connectivity index (χ2n) is 4.79. The molecule has 0 unspecified atom stereocenters. The van der Waals surface area contributed by atoms with Gasteiger partial charge in [0.25, 0.3) is 0 Å². The number of anilines is 2. The molecule has 0 aliphatic carbocycles.